The topological polar surface area (TPSA) is 117 Å². The zero-order valence-electron chi connectivity index (χ0n) is 18.2. The maximum absolute atomic E-state index is 12.4. The lowest BCUT2D eigenvalue weighted by molar-refractivity contribution is -0.116. The fraction of sp³-hybridized carbons (Fsp3) is 0.125. The Labute approximate surface area is 201 Å². The third kappa shape index (κ3) is 5.84. The summed E-state index contributed by atoms with van der Waals surface area (Å²) in [5.41, 5.74) is 2.21. The Morgan fingerprint density at radius 3 is 2.41 bits per heavy atom. The van der Waals surface area contributed by atoms with E-state index in [1.54, 1.807) is 0 Å². The predicted octanol–water partition coefficient (Wildman–Crippen LogP) is 4.23. The lowest BCUT2D eigenvalue weighted by Crippen LogP contribution is -2.27. The van der Waals surface area contributed by atoms with E-state index in [1.807, 2.05) is 47.8 Å². The van der Waals surface area contributed by atoms with Crippen LogP contribution in [0.2, 0.25) is 0 Å². The maximum Gasteiger partial charge on any atom is 0.240 e. The van der Waals surface area contributed by atoms with Crippen LogP contribution in [0.5, 0.6) is 0 Å². The van der Waals surface area contributed by atoms with E-state index < -0.39 is 10.0 Å². The molecular weight excluding hydrogens is 472 g/mol. The van der Waals surface area contributed by atoms with Crippen molar-refractivity contribution in [2.45, 2.75) is 18.2 Å². The summed E-state index contributed by atoms with van der Waals surface area (Å²) in [6.45, 7) is 1.30. The standard InChI is InChI=1S/C24H22N4O4S2/c1-16(29)26-20-8-10-21(11-9-20)34(31,32)25-13-12-23(30)28-24-27-22(15-33-24)19-7-6-17-4-2-3-5-18(17)14-19/h2-11,14-15,25H,12-13H2,1H3,(H,26,29)(H,27,28,30). The van der Waals surface area contributed by atoms with Gasteiger partial charge in [0.05, 0.1) is 10.6 Å². The summed E-state index contributed by atoms with van der Waals surface area (Å²) < 4.78 is 27.2. The SMILES string of the molecule is CC(=O)Nc1ccc(S(=O)(=O)NCCC(=O)Nc2nc(-c3ccc4ccccc4c3)cs2)cc1. The van der Waals surface area contributed by atoms with Crippen molar-refractivity contribution in [3.05, 3.63) is 72.1 Å². The summed E-state index contributed by atoms with van der Waals surface area (Å²) in [6, 6.07) is 19.9. The first-order chi connectivity index (χ1) is 16.3. The molecule has 34 heavy (non-hydrogen) atoms. The molecule has 174 valence electrons. The van der Waals surface area contributed by atoms with Gasteiger partial charge in [0, 0.05) is 36.5 Å². The molecule has 0 saturated carbocycles. The van der Waals surface area contributed by atoms with Crippen molar-refractivity contribution in [2.24, 2.45) is 0 Å². The van der Waals surface area contributed by atoms with E-state index in [2.05, 4.69) is 20.3 Å². The van der Waals surface area contributed by atoms with Crippen LogP contribution < -0.4 is 15.4 Å². The quantitative estimate of drug-likeness (QED) is 0.339. The number of fused-ring (bicyclic) bond motifs is 1. The second-order valence-electron chi connectivity index (χ2n) is 7.50. The maximum atomic E-state index is 12.4. The molecule has 0 aliphatic rings. The zero-order valence-corrected chi connectivity index (χ0v) is 19.9. The van der Waals surface area contributed by atoms with E-state index in [1.165, 1.54) is 42.5 Å². The minimum atomic E-state index is -3.78. The predicted molar refractivity (Wildman–Crippen MR) is 134 cm³/mol. The zero-order chi connectivity index (χ0) is 24.1. The van der Waals surface area contributed by atoms with Gasteiger partial charge in [-0.05, 0) is 41.1 Å². The van der Waals surface area contributed by atoms with Crippen LogP contribution >= 0.6 is 11.3 Å². The average molecular weight is 495 g/mol. The molecule has 0 fully saturated rings. The number of hydrogen-bond acceptors (Lipinski definition) is 6. The van der Waals surface area contributed by atoms with E-state index in [0.717, 1.165) is 22.0 Å². The highest BCUT2D eigenvalue weighted by atomic mass is 32.2. The Balaban J connectivity index is 1.31. The highest BCUT2D eigenvalue weighted by Gasteiger charge is 2.15. The van der Waals surface area contributed by atoms with E-state index in [9.17, 15) is 18.0 Å². The number of carbonyl (C=O) groups is 2. The van der Waals surface area contributed by atoms with Gasteiger partial charge in [0.1, 0.15) is 0 Å². The molecule has 1 heterocycles. The Bertz CT molecular complexity index is 1450. The number of thiazole rings is 1. The number of anilines is 2. The van der Waals surface area contributed by atoms with Gasteiger partial charge in [-0.1, -0.05) is 36.4 Å². The molecule has 3 N–H and O–H groups in total. The Kier molecular flexibility index (Phi) is 7.01. The van der Waals surface area contributed by atoms with E-state index in [-0.39, 0.29) is 29.7 Å². The summed E-state index contributed by atoms with van der Waals surface area (Å²) in [7, 11) is -3.78. The summed E-state index contributed by atoms with van der Waals surface area (Å²) in [4.78, 5) is 27.9. The van der Waals surface area contributed by atoms with E-state index in [0.29, 0.717) is 10.8 Å². The van der Waals surface area contributed by atoms with Crippen molar-refractivity contribution in [1.82, 2.24) is 9.71 Å². The van der Waals surface area contributed by atoms with Crippen LogP contribution in [0.25, 0.3) is 22.0 Å². The molecule has 8 nitrogen and oxygen atoms in total. The van der Waals surface area contributed by atoms with Crippen LogP contribution in [0.4, 0.5) is 10.8 Å². The van der Waals surface area contributed by atoms with Crippen molar-refractivity contribution in [3.63, 3.8) is 0 Å². The van der Waals surface area contributed by atoms with Crippen LogP contribution in [0.3, 0.4) is 0 Å². The lowest BCUT2D eigenvalue weighted by Gasteiger charge is -2.08. The molecule has 0 aliphatic heterocycles. The molecular formula is C24H22N4O4S2. The van der Waals surface area contributed by atoms with Crippen LogP contribution in [0, 0.1) is 0 Å². The number of sulfonamides is 1. The fourth-order valence-electron chi connectivity index (χ4n) is 3.30. The third-order valence-corrected chi connectivity index (χ3v) is 7.16. The number of benzene rings is 3. The summed E-state index contributed by atoms with van der Waals surface area (Å²) in [5.74, 6) is -0.590. The number of amides is 2. The minimum absolute atomic E-state index is 0.0435. The highest BCUT2D eigenvalue weighted by Crippen LogP contribution is 2.27. The van der Waals surface area contributed by atoms with Crippen molar-refractivity contribution in [3.8, 4) is 11.3 Å². The number of nitrogens with zero attached hydrogens (tertiary/aromatic N) is 1. The molecule has 0 saturated heterocycles. The van der Waals surface area contributed by atoms with Gasteiger partial charge in [-0.2, -0.15) is 0 Å². The van der Waals surface area contributed by atoms with Crippen molar-refractivity contribution >= 4 is 54.8 Å². The molecule has 0 spiro atoms. The molecule has 2 amide bonds. The third-order valence-electron chi connectivity index (χ3n) is 4.92. The van der Waals surface area contributed by atoms with Crippen LogP contribution in [-0.4, -0.2) is 31.8 Å². The Hall–Kier alpha value is -3.60. The molecule has 0 aliphatic carbocycles. The Morgan fingerprint density at radius 2 is 1.68 bits per heavy atom. The number of hydrogen-bond donors (Lipinski definition) is 3. The summed E-state index contributed by atoms with van der Waals surface area (Å²) in [5, 5.41) is 9.85. The van der Waals surface area contributed by atoms with Gasteiger partial charge in [0.25, 0.3) is 0 Å². The second kappa shape index (κ2) is 10.1. The van der Waals surface area contributed by atoms with Crippen LogP contribution in [-0.2, 0) is 19.6 Å². The lowest BCUT2D eigenvalue weighted by atomic mass is 10.1. The molecule has 0 radical (unpaired) electrons. The van der Waals surface area contributed by atoms with Gasteiger partial charge >= 0.3 is 0 Å². The Morgan fingerprint density at radius 1 is 0.941 bits per heavy atom. The van der Waals surface area contributed by atoms with Gasteiger partial charge in [-0.15, -0.1) is 11.3 Å². The van der Waals surface area contributed by atoms with Crippen molar-refractivity contribution in [1.29, 1.82) is 0 Å². The van der Waals surface area contributed by atoms with Gasteiger partial charge in [0.15, 0.2) is 5.13 Å². The molecule has 0 bridgehead atoms. The smallest absolute Gasteiger partial charge is 0.240 e. The molecule has 4 aromatic rings. The first kappa shape index (κ1) is 23.6. The van der Waals surface area contributed by atoms with Crippen molar-refractivity contribution < 1.29 is 18.0 Å². The van der Waals surface area contributed by atoms with Crippen LogP contribution in [0.1, 0.15) is 13.3 Å². The van der Waals surface area contributed by atoms with Gasteiger partial charge in [0.2, 0.25) is 21.8 Å². The number of nitrogens with one attached hydrogen (secondary N) is 3. The second-order valence-corrected chi connectivity index (χ2v) is 10.1. The van der Waals surface area contributed by atoms with E-state index >= 15 is 0 Å². The average Bonchev–Trinajstić information content (AvgIpc) is 3.27. The molecule has 4 rings (SSSR count). The monoisotopic (exact) mass is 494 g/mol. The molecule has 0 unspecified atom stereocenters. The first-order valence-electron chi connectivity index (χ1n) is 10.4. The number of carbonyl (C=O) groups excluding carboxylic acids is 2. The molecule has 1 aromatic heterocycles. The largest absolute Gasteiger partial charge is 0.326 e. The van der Waals surface area contributed by atoms with Gasteiger partial charge < -0.3 is 10.6 Å². The molecule has 10 heteroatoms. The van der Waals surface area contributed by atoms with Crippen molar-refractivity contribution in [2.75, 3.05) is 17.2 Å². The fourth-order valence-corrected chi connectivity index (χ4v) is 5.06. The normalized spacial score (nSPS) is 11.3. The van der Waals surface area contributed by atoms with Gasteiger partial charge in [-0.25, -0.2) is 18.1 Å². The molecule has 0 atom stereocenters. The number of aromatic nitrogens is 1. The first-order valence-corrected chi connectivity index (χ1v) is 12.8. The summed E-state index contributed by atoms with van der Waals surface area (Å²) >= 11 is 1.31. The summed E-state index contributed by atoms with van der Waals surface area (Å²) in [6.07, 6.45) is -0.0475. The highest BCUT2D eigenvalue weighted by molar-refractivity contribution is 7.89. The van der Waals surface area contributed by atoms with Gasteiger partial charge in [-0.3, -0.25) is 9.59 Å². The minimum Gasteiger partial charge on any atom is -0.326 e. The molecule has 3 aromatic carbocycles. The number of rotatable bonds is 8. The van der Waals surface area contributed by atoms with E-state index in [4.69, 9.17) is 0 Å². The van der Waals surface area contributed by atoms with Crippen LogP contribution in [0.15, 0.2) is 77.0 Å².